The Labute approximate surface area is 168 Å². The molecule has 3 rings (SSSR count). The van der Waals surface area contributed by atoms with Gasteiger partial charge in [0.25, 0.3) is 0 Å². The van der Waals surface area contributed by atoms with Crippen molar-refractivity contribution in [1.29, 1.82) is 0 Å². The zero-order valence-corrected chi connectivity index (χ0v) is 17.1. The lowest BCUT2D eigenvalue weighted by Gasteiger charge is -2.29. The van der Waals surface area contributed by atoms with Crippen molar-refractivity contribution < 1.29 is 13.5 Å². The number of methoxy groups -OCH3 is 1. The van der Waals surface area contributed by atoms with Gasteiger partial charge in [-0.3, -0.25) is 0 Å². The molecule has 0 atom stereocenters. The van der Waals surface area contributed by atoms with Crippen LogP contribution >= 0.6 is 0 Å². The highest BCUT2D eigenvalue weighted by atomic mass is 19.1. The van der Waals surface area contributed by atoms with Crippen molar-refractivity contribution >= 4 is 0 Å². The molecule has 0 N–H and O–H groups in total. The summed E-state index contributed by atoms with van der Waals surface area (Å²) in [5, 5.41) is 0. The Hall–Kier alpha value is -1.74. The largest absolute Gasteiger partial charge is 0.380 e. The van der Waals surface area contributed by atoms with Crippen molar-refractivity contribution in [2.45, 2.75) is 70.8 Å². The summed E-state index contributed by atoms with van der Waals surface area (Å²) >= 11 is 0. The van der Waals surface area contributed by atoms with E-state index in [-0.39, 0.29) is 12.2 Å². The molecule has 0 unspecified atom stereocenters. The molecule has 1 aliphatic carbocycles. The monoisotopic (exact) mass is 386 g/mol. The minimum Gasteiger partial charge on any atom is -0.380 e. The van der Waals surface area contributed by atoms with Crippen molar-refractivity contribution in [2.75, 3.05) is 7.11 Å². The van der Waals surface area contributed by atoms with Gasteiger partial charge in [-0.15, -0.1) is 0 Å². The van der Waals surface area contributed by atoms with Gasteiger partial charge in [-0.1, -0.05) is 56.9 Å². The summed E-state index contributed by atoms with van der Waals surface area (Å²) in [5.74, 6) is 0.414. The molecule has 0 heterocycles. The van der Waals surface area contributed by atoms with E-state index in [0.717, 1.165) is 11.5 Å². The number of hydrogen-bond donors (Lipinski definition) is 0. The first kappa shape index (κ1) is 21.0. The van der Waals surface area contributed by atoms with Crippen LogP contribution in [0.15, 0.2) is 36.4 Å². The molecule has 1 saturated carbocycles. The quantitative estimate of drug-likeness (QED) is 0.424. The van der Waals surface area contributed by atoms with E-state index < -0.39 is 11.6 Å². The van der Waals surface area contributed by atoms with Gasteiger partial charge in [-0.05, 0) is 66.3 Å². The molecule has 0 bridgehead atoms. The molecule has 1 aliphatic rings. The molecule has 0 amide bonds. The third kappa shape index (κ3) is 5.20. The van der Waals surface area contributed by atoms with Gasteiger partial charge in [0.1, 0.15) is 11.6 Å². The second kappa shape index (κ2) is 10.2. The van der Waals surface area contributed by atoms with Crippen LogP contribution in [0.5, 0.6) is 0 Å². The summed E-state index contributed by atoms with van der Waals surface area (Å²) in [5.41, 5.74) is 2.76. The average Bonchev–Trinajstić information content (AvgIpc) is 2.71. The van der Waals surface area contributed by atoms with Crippen molar-refractivity contribution in [3.05, 3.63) is 59.2 Å². The number of benzene rings is 2. The summed E-state index contributed by atoms with van der Waals surface area (Å²) in [4.78, 5) is 0. The lowest BCUT2D eigenvalue weighted by Crippen LogP contribution is -2.13. The van der Waals surface area contributed by atoms with Crippen LogP contribution in [0.2, 0.25) is 0 Å². The predicted octanol–water partition coefficient (Wildman–Crippen LogP) is 7.63. The highest BCUT2D eigenvalue weighted by Crippen LogP contribution is 2.38. The minimum atomic E-state index is -0.553. The number of unbranched alkanes of at least 4 members (excludes halogenated alkanes) is 2. The van der Waals surface area contributed by atoms with Crippen LogP contribution in [0.25, 0.3) is 11.1 Å². The van der Waals surface area contributed by atoms with Crippen LogP contribution in [0.1, 0.15) is 75.3 Å². The Balaban J connectivity index is 1.63. The van der Waals surface area contributed by atoms with E-state index >= 15 is 0 Å². The Morgan fingerprint density at radius 1 is 0.893 bits per heavy atom. The van der Waals surface area contributed by atoms with Crippen molar-refractivity contribution in [2.24, 2.45) is 5.92 Å². The lowest BCUT2D eigenvalue weighted by atomic mass is 9.77. The fourth-order valence-corrected chi connectivity index (χ4v) is 4.47. The Bertz CT molecular complexity index is 723. The third-order valence-electron chi connectivity index (χ3n) is 6.21. The molecule has 2 aromatic carbocycles. The fourth-order valence-electron chi connectivity index (χ4n) is 4.47. The van der Waals surface area contributed by atoms with Crippen molar-refractivity contribution in [3.8, 4) is 11.1 Å². The molecule has 0 spiro atoms. The topological polar surface area (TPSA) is 9.23 Å². The number of ether oxygens (including phenoxy) is 1. The maximum Gasteiger partial charge on any atom is 0.132 e. The minimum absolute atomic E-state index is 0.0152. The smallest absolute Gasteiger partial charge is 0.132 e. The number of rotatable bonds is 8. The summed E-state index contributed by atoms with van der Waals surface area (Å²) in [7, 11) is 1.43. The van der Waals surface area contributed by atoms with E-state index in [1.165, 1.54) is 76.2 Å². The van der Waals surface area contributed by atoms with Gasteiger partial charge in [0, 0.05) is 12.7 Å². The second-order valence-corrected chi connectivity index (χ2v) is 8.19. The molecule has 1 fully saturated rings. The first-order chi connectivity index (χ1) is 13.6. The van der Waals surface area contributed by atoms with Gasteiger partial charge in [-0.25, -0.2) is 8.78 Å². The highest BCUT2D eigenvalue weighted by Gasteiger charge is 2.22. The maximum absolute atomic E-state index is 14.2. The molecule has 3 heteroatoms. The van der Waals surface area contributed by atoms with E-state index in [4.69, 9.17) is 4.74 Å². The van der Waals surface area contributed by atoms with E-state index in [2.05, 4.69) is 19.1 Å². The Kier molecular flexibility index (Phi) is 7.61. The van der Waals surface area contributed by atoms with E-state index in [1.54, 1.807) is 0 Å². The zero-order valence-electron chi connectivity index (χ0n) is 17.1. The van der Waals surface area contributed by atoms with Gasteiger partial charge in [-0.2, -0.15) is 0 Å². The zero-order chi connectivity index (χ0) is 19.9. The third-order valence-corrected chi connectivity index (χ3v) is 6.21. The Morgan fingerprint density at radius 3 is 2.11 bits per heavy atom. The SMILES string of the molecule is CCCCC[C@H]1CC[C@H](c2ccc(-c3cc(F)c(COC)c(F)c3)cc2)CC1. The normalized spacial score (nSPS) is 19.7. The highest BCUT2D eigenvalue weighted by molar-refractivity contribution is 5.64. The molecule has 0 radical (unpaired) electrons. The average molecular weight is 387 g/mol. The van der Waals surface area contributed by atoms with Crippen LogP contribution in [-0.4, -0.2) is 7.11 Å². The molecular weight excluding hydrogens is 354 g/mol. The van der Waals surface area contributed by atoms with Crippen LogP contribution < -0.4 is 0 Å². The Morgan fingerprint density at radius 2 is 1.54 bits per heavy atom. The molecule has 2 aromatic rings. The molecular formula is C25H32F2O. The maximum atomic E-state index is 14.2. The second-order valence-electron chi connectivity index (χ2n) is 8.19. The van der Waals surface area contributed by atoms with Crippen LogP contribution in [-0.2, 0) is 11.3 Å². The van der Waals surface area contributed by atoms with Crippen LogP contribution in [0.3, 0.4) is 0 Å². The van der Waals surface area contributed by atoms with Gasteiger partial charge in [0.15, 0.2) is 0 Å². The van der Waals surface area contributed by atoms with E-state index in [0.29, 0.717) is 11.5 Å². The molecule has 1 nitrogen and oxygen atoms in total. The van der Waals surface area contributed by atoms with Crippen LogP contribution in [0.4, 0.5) is 8.78 Å². The lowest BCUT2D eigenvalue weighted by molar-refractivity contribution is 0.177. The summed E-state index contributed by atoms with van der Waals surface area (Å²) in [6, 6.07) is 11.0. The van der Waals surface area contributed by atoms with Gasteiger partial charge >= 0.3 is 0 Å². The van der Waals surface area contributed by atoms with Gasteiger partial charge < -0.3 is 4.74 Å². The van der Waals surface area contributed by atoms with E-state index in [9.17, 15) is 8.78 Å². The van der Waals surface area contributed by atoms with Crippen molar-refractivity contribution in [1.82, 2.24) is 0 Å². The van der Waals surface area contributed by atoms with E-state index in [1.807, 2.05) is 12.1 Å². The van der Waals surface area contributed by atoms with Crippen molar-refractivity contribution in [3.63, 3.8) is 0 Å². The fraction of sp³-hybridized carbons (Fsp3) is 0.520. The first-order valence-corrected chi connectivity index (χ1v) is 10.7. The van der Waals surface area contributed by atoms with Gasteiger partial charge in [0.2, 0.25) is 0 Å². The predicted molar refractivity (Wildman–Crippen MR) is 111 cm³/mol. The molecule has 0 aliphatic heterocycles. The molecule has 152 valence electrons. The number of halogens is 2. The summed E-state index contributed by atoms with van der Waals surface area (Å²) in [6.45, 7) is 2.20. The summed E-state index contributed by atoms with van der Waals surface area (Å²) < 4.78 is 33.2. The van der Waals surface area contributed by atoms with Gasteiger partial charge in [0.05, 0.1) is 6.61 Å². The van der Waals surface area contributed by atoms with Crippen LogP contribution in [0, 0.1) is 17.6 Å². The standard InChI is InChI=1S/C25H32F2O/c1-3-4-5-6-18-7-9-19(10-8-18)20-11-13-21(14-12-20)22-15-24(26)23(17-28-2)25(27)16-22/h11-16,18-19H,3-10,17H2,1-2H3/t18-,19-. The molecule has 0 aromatic heterocycles. The number of hydrogen-bond acceptors (Lipinski definition) is 1. The summed E-state index contributed by atoms with van der Waals surface area (Å²) in [6.07, 6.45) is 10.6. The molecule has 28 heavy (non-hydrogen) atoms. The first-order valence-electron chi connectivity index (χ1n) is 10.7. The molecule has 0 saturated heterocycles.